The summed E-state index contributed by atoms with van der Waals surface area (Å²) >= 11 is 0. The lowest BCUT2D eigenvalue weighted by molar-refractivity contribution is -0.137. The first-order chi connectivity index (χ1) is 10.5. The van der Waals surface area contributed by atoms with Crippen molar-refractivity contribution in [3.8, 4) is 17.1 Å². The second-order valence-electron chi connectivity index (χ2n) is 5.33. The number of hydrogen-bond acceptors (Lipinski definition) is 6. The van der Waals surface area contributed by atoms with E-state index in [4.69, 9.17) is 15.6 Å². The number of aryl methyl sites for hydroxylation is 1. The molecule has 0 aliphatic rings. The van der Waals surface area contributed by atoms with Crippen molar-refractivity contribution in [3.63, 3.8) is 0 Å². The molecule has 8 nitrogen and oxygen atoms in total. The van der Waals surface area contributed by atoms with Crippen molar-refractivity contribution >= 4 is 11.7 Å². The summed E-state index contributed by atoms with van der Waals surface area (Å²) in [5.41, 5.74) is 7.19. The van der Waals surface area contributed by atoms with Gasteiger partial charge in [-0.1, -0.05) is 13.8 Å². The van der Waals surface area contributed by atoms with Gasteiger partial charge in [-0.25, -0.2) is 4.68 Å². The Balaban J connectivity index is 2.18. The Hall–Kier alpha value is -2.64. The zero-order valence-corrected chi connectivity index (χ0v) is 12.6. The molecule has 8 heteroatoms. The number of aliphatic carboxylic acids is 1. The van der Waals surface area contributed by atoms with Gasteiger partial charge in [0, 0.05) is 5.56 Å². The van der Waals surface area contributed by atoms with Gasteiger partial charge in [-0.05, 0) is 34.5 Å². The SMILES string of the molecule is CC(C)COc1ccc(-c2nnnn2CCC(=O)O)cc1N. The molecule has 0 saturated carbocycles. The number of hydrogen-bond donors (Lipinski definition) is 2. The zero-order chi connectivity index (χ0) is 16.1. The molecule has 0 amide bonds. The quantitative estimate of drug-likeness (QED) is 0.743. The first-order valence-electron chi connectivity index (χ1n) is 6.98. The Labute approximate surface area is 127 Å². The van der Waals surface area contributed by atoms with Gasteiger partial charge in [0.25, 0.3) is 0 Å². The van der Waals surface area contributed by atoms with Gasteiger partial charge in [0.15, 0.2) is 5.82 Å². The fraction of sp³-hybridized carbons (Fsp3) is 0.429. The van der Waals surface area contributed by atoms with Crippen LogP contribution < -0.4 is 10.5 Å². The van der Waals surface area contributed by atoms with Crippen molar-refractivity contribution in [2.24, 2.45) is 5.92 Å². The highest BCUT2D eigenvalue weighted by molar-refractivity contribution is 5.67. The van der Waals surface area contributed by atoms with Gasteiger partial charge >= 0.3 is 5.97 Å². The molecule has 22 heavy (non-hydrogen) atoms. The molecule has 1 aromatic carbocycles. The molecule has 1 aromatic heterocycles. The molecule has 0 aliphatic heterocycles. The molecule has 0 unspecified atom stereocenters. The van der Waals surface area contributed by atoms with E-state index in [9.17, 15) is 4.79 Å². The molecule has 2 aromatic rings. The number of tetrazole rings is 1. The van der Waals surface area contributed by atoms with Crippen LogP contribution in [0.4, 0.5) is 5.69 Å². The van der Waals surface area contributed by atoms with Crippen molar-refractivity contribution in [1.29, 1.82) is 0 Å². The van der Waals surface area contributed by atoms with E-state index in [1.165, 1.54) is 4.68 Å². The van der Waals surface area contributed by atoms with Crippen LogP contribution in [0.1, 0.15) is 20.3 Å². The maximum absolute atomic E-state index is 10.6. The molecule has 0 spiro atoms. The summed E-state index contributed by atoms with van der Waals surface area (Å²) in [6, 6.07) is 5.29. The van der Waals surface area contributed by atoms with Crippen LogP contribution in [0.15, 0.2) is 18.2 Å². The number of rotatable bonds is 7. The topological polar surface area (TPSA) is 116 Å². The summed E-state index contributed by atoms with van der Waals surface area (Å²) in [7, 11) is 0. The average molecular weight is 305 g/mol. The number of carbonyl (C=O) groups is 1. The van der Waals surface area contributed by atoms with Gasteiger partial charge in [-0.3, -0.25) is 4.79 Å². The van der Waals surface area contributed by atoms with E-state index in [2.05, 4.69) is 29.4 Å². The van der Waals surface area contributed by atoms with Gasteiger partial charge in [-0.2, -0.15) is 0 Å². The van der Waals surface area contributed by atoms with E-state index in [1.54, 1.807) is 18.2 Å². The summed E-state index contributed by atoms with van der Waals surface area (Å²) in [5, 5.41) is 20.0. The number of aromatic nitrogens is 4. The zero-order valence-electron chi connectivity index (χ0n) is 12.6. The van der Waals surface area contributed by atoms with E-state index >= 15 is 0 Å². The van der Waals surface area contributed by atoms with Crippen LogP contribution in [0, 0.1) is 5.92 Å². The lowest BCUT2D eigenvalue weighted by Crippen LogP contribution is -2.08. The van der Waals surface area contributed by atoms with Gasteiger partial charge in [0.1, 0.15) is 5.75 Å². The van der Waals surface area contributed by atoms with E-state index in [0.29, 0.717) is 35.3 Å². The number of nitrogen functional groups attached to an aromatic ring is 1. The second-order valence-corrected chi connectivity index (χ2v) is 5.33. The number of carboxylic acid groups (broad SMARTS) is 1. The molecule has 0 atom stereocenters. The Morgan fingerprint density at radius 3 is 2.86 bits per heavy atom. The molecular weight excluding hydrogens is 286 g/mol. The van der Waals surface area contributed by atoms with Crippen LogP contribution in [0.3, 0.4) is 0 Å². The van der Waals surface area contributed by atoms with Crippen LogP contribution in [-0.4, -0.2) is 37.9 Å². The third-order valence-electron chi connectivity index (χ3n) is 2.91. The normalized spacial score (nSPS) is 10.9. The maximum Gasteiger partial charge on any atom is 0.305 e. The van der Waals surface area contributed by atoms with Crippen molar-refractivity contribution in [2.45, 2.75) is 26.8 Å². The van der Waals surface area contributed by atoms with E-state index < -0.39 is 5.97 Å². The molecule has 1 heterocycles. The number of anilines is 1. The fourth-order valence-corrected chi connectivity index (χ4v) is 1.84. The second kappa shape index (κ2) is 6.88. The molecule has 118 valence electrons. The Kier molecular flexibility index (Phi) is 4.92. The van der Waals surface area contributed by atoms with E-state index in [0.717, 1.165) is 0 Å². The molecule has 0 fully saturated rings. The Bertz CT molecular complexity index is 654. The minimum Gasteiger partial charge on any atom is -0.491 e. The lowest BCUT2D eigenvalue weighted by Gasteiger charge is -2.12. The minimum absolute atomic E-state index is 0.0525. The van der Waals surface area contributed by atoms with Crippen LogP contribution in [0.25, 0.3) is 11.4 Å². The molecular formula is C14H19N5O3. The summed E-state index contributed by atoms with van der Waals surface area (Å²) < 4.78 is 7.06. The first kappa shape index (κ1) is 15.7. The summed E-state index contributed by atoms with van der Waals surface area (Å²) in [6.07, 6.45) is -0.0525. The average Bonchev–Trinajstić information content (AvgIpc) is 2.92. The third-order valence-corrected chi connectivity index (χ3v) is 2.91. The van der Waals surface area contributed by atoms with Crippen LogP contribution in [0.5, 0.6) is 5.75 Å². The minimum atomic E-state index is -0.904. The first-order valence-corrected chi connectivity index (χ1v) is 6.98. The van der Waals surface area contributed by atoms with Crippen molar-refractivity contribution < 1.29 is 14.6 Å². The highest BCUT2D eigenvalue weighted by atomic mass is 16.5. The largest absolute Gasteiger partial charge is 0.491 e. The maximum atomic E-state index is 10.6. The monoisotopic (exact) mass is 305 g/mol. The Morgan fingerprint density at radius 2 is 2.23 bits per heavy atom. The number of ether oxygens (including phenoxy) is 1. The van der Waals surface area contributed by atoms with Gasteiger partial charge < -0.3 is 15.6 Å². The fourth-order valence-electron chi connectivity index (χ4n) is 1.84. The smallest absolute Gasteiger partial charge is 0.305 e. The van der Waals surface area contributed by atoms with Crippen LogP contribution >= 0.6 is 0 Å². The number of nitrogens with zero attached hydrogens (tertiary/aromatic N) is 4. The highest BCUT2D eigenvalue weighted by Gasteiger charge is 2.12. The van der Waals surface area contributed by atoms with Gasteiger partial charge in [0.05, 0.1) is 25.3 Å². The van der Waals surface area contributed by atoms with Gasteiger partial charge in [-0.15, -0.1) is 5.10 Å². The molecule has 0 saturated heterocycles. The number of nitrogens with two attached hydrogens (primary N) is 1. The summed E-state index contributed by atoms with van der Waals surface area (Å²) in [6.45, 7) is 4.89. The predicted molar refractivity (Wildman–Crippen MR) is 80.3 cm³/mol. The third kappa shape index (κ3) is 3.94. The predicted octanol–water partition coefficient (Wildman–Crippen LogP) is 1.43. The summed E-state index contributed by atoms with van der Waals surface area (Å²) in [5.74, 6) is 0.589. The van der Waals surface area contributed by atoms with E-state index in [-0.39, 0.29) is 13.0 Å². The molecule has 0 radical (unpaired) electrons. The molecule has 3 N–H and O–H groups in total. The highest BCUT2D eigenvalue weighted by Crippen LogP contribution is 2.27. The van der Waals surface area contributed by atoms with Crippen molar-refractivity contribution in [3.05, 3.63) is 18.2 Å². The summed E-state index contributed by atoms with van der Waals surface area (Å²) in [4.78, 5) is 10.6. The lowest BCUT2D eigenvalue weighted by atomic mass is 10.1. The number of carboxylic acids is 1. The van der Waals surface area contributed by atoms with Crippen molar-refractivity contribution in [2.75, 3.05) is 12.3 Å². The molecule has 0 aliphatic carbocycles. The molecule has 0 bridgehead atoms. The van der Waals surface area contributed by atoms with Crippen LogP contribution in [0.2, 0.25) is 0 Å². The Morgan fingerprint density at radius 1 is 1.45 bits per heavy atom. The van der Waals surface area contributed by atoms with Crippen LogP contribution in [-0.2, 0) is 11.3 Å². The van der Waals surface area contributed by atoms with Gasteiger partial charge in [0.2, 0.25) is 0 Å². The van der Waals surface area contributed by atoms with Crippen molar-refractivity contribution in [1.82, 2.24) is 20.2 Å². The number of benzene rings is 1. The molecule has 2 rings (SSSR count). The standard InChI is InChI=1S/C14H19N5O3/c1-9(2)8-22-12-4-3-10(7-11(12)15)14-16-17-18-19(14)6-5-13(20)21/h3-4,7,9H,5-6,8,15H2,1-2H3,(H,20,21). The van der Waals surface area contributed by atoms with E-state index in [1.807, 2.05) is 0 Å².